The molecule has 0 saturated heterocycles. The zero-order chi connectivity index (χ0) is 10.6. The number of nitrogen functional groups attached to an aromatic ring is 1. The number of nitrogens with zero attached hydrogens (tertiary/aromatic N) is 1. The first-order valence-corrected chi connectivity index (χ1v) is 5.45. The third-order valence-electron chi connectivity index (χ3n) is 1.89. The molecule has 0 radical (unpaired) electrons. The van der Waals surface area contributed by atoms with Crippen LogP contribution in [-0.2, 0) is 0 Å². The second-order valence-electron chi connectivity index (χ2n) is 3.54. The average molecular weight is 215 g/mol. The molecule has 0 aliphatic heterocycles. The molecular formula is C9H17N3OS. The molecule has 0 unspecified atom stereocenters. The lowest BCUT2D eigenvalue weighted by molar-refractivity contribution is 0.419. The van der Waals surface area contributed by atoms with Gasteiger partial charge < -0.3 is 15.8 Å². The molecule has 3 N–H and O–H groups in total. The van der Waals surface area contributed by atoms with Gasteiger partial charge in [0.15, 0.2) is 16.6 Å². The lowest BCUT2D eigenvalue weighted by Crippen LogP contribution is -2.04. The summed E-state index contributed by atoms with van der Waals surface area (Å²) in [5.74, 6) is 1.82. The van der Waals surface area contributed by atoms with Gasteiger partial charge in [0, 0.05) is 6.54 Å². The predicted octanol–water partition coefficient (Wildman–Crippen LogP) is 2.19. The summed E-state index contributed by atoms with van der Waals surface area (Å²) < 4.78 is 9.15. The topological polar surface area (TPSA) is 60.2 Å². The molecule has 0 aromatic carbocycles. The minimum absolute atomic E-state index is 0.463. The zero-order valence-electron chi connectivity index (χ0n) is 8.83. The fraction of sp³-hybridized carbons (Fsp3) is 0.667. The number of hydrogen-bond donors (Lipinski definition) is 2. The van der Waals surface area contributed by atoms with Gasteiger partial charge in [-0.15, -0.1) is 0 Å². The van der Waals surface area contributed by atoms with Crippen molar-refractivity contribution in [2.24, 2.45) is 5.92 Å². The van der Waals surface area contributed by atoms with Crippen molar-refractivity contribution in [3.63, 3.8) is 0 Å². The second kappa shape index (κ2) is 5.05. The Morgan fingerprint density at radius 3 is 2.86 bits per heavy atom. The molecule has 5 heteroatoms. The number of hydrogen-bond acceptors (Lipinski definition) is 5. The highest BCUT2D eigenvalue weighted by atomic mass is 32.1. The summed E-state index contributed by atoms with van der Waals surface area (Å²) in [6.45, 7) is 5.32. The third kappa shape index (κ3) is 2.77. The molecule has 0 aliphatic rings. The summed E-state index contributed by atoms with van der Waals surface area (Å²) in [7, 11) is 1.60. The normalized spacial score (nSPS) is 10.6. The Hall–Kier alpha value is -0.970. The lowest BCUT2D eigenvalue weighted by atomic mass is 10.1. The van der Waals surface area contributed by atoms with Crippen LogP contribution in [0.1, 0.15) is 20.3 Å². The summed E-state index contributed by atoms with van der Waals surface area (Å²) in [6.07, 6.45) is 1.13. The van der Waals surface area contributed by atoms with Gasteiger partial charge in [0.05, 0.1) is 7.11 Å². The quantitative estimate of drug-likeness (QED) is 0.790. The standard InChI is InChI=1S/C9H17N3OS/c1-6(2)4-5-11-9-7(13-3)8(10)12-14-9/h6,11H,4-5H2,1-3H3,(H2,10,12). The summed E-state index contributed by atoms with van der Waals surface area (Å²) in [5, 5.41) is 4.19. The molecule has 1 aromatic rings. The minimum Gasteiger partial charge on any atom is -0.490 e. The van der Waals surface area contributed by atoms with Gasteiger partial charge >= 0.3 is 0 Å². The van der Waals surface area contributed by atoms with Crippen LogP contribution in [0.4, 0.5) is 10.8 Å². The largest absolute Gasteiger partial charge is 0.490 e. The van der Waals surface area contributed by atoms with Crippen LogP contribution in [-0.4, -0.2) is 18.0 Å². The van der Waals surface area contributed by atoms with Crippen LogP contribution in [0, 0.1) is 5.92 Å². The van der Waals surface area contributed by atoms with Crippen molar-refractivity contribution in [1.82, 2.24) is 4.37 Å². The third-order valence-corrected chi connectivity index (χ3v) is 2.69. The molecule has 0 saturated carbocycles. The molecule has 0 spiro atoms. The fourth-order valence-electron chi connectivity index (χ4n) is 1.08. The van der Waals surface area contributed by atoms with Gasteiger partial charge in [0.1, 0.15) is 0 Å². The van der Waals surface area contributed by atoms with E-state index in [1.807, 2.05) is 0 Å². The second-order valence-corrected chi connectivity index (χ2v) is 4.31. The Morgan fingerprint density at radius 2 is 2.29 bits per heavy atom. The first-order valence-electron chi connectivity index (χ1n) is 4.68. The Bertz CT molecular complexity index is 286. The van der Waals surface area contributed by atoms with E-state index >= 15 is 0 Å². The molecule has 1 aromatic heterocycles. The molecule has 1 rings (SSSR count). The van der Waals surface area contributed by atoms with Crippen molar-refractivity contribution in [3.05, 3.63) is 0 Å². The smallest absolute Gasteiger partial charge is 0.197 e. The van der Waals surface area contributed by atoms with E-state index in [-0.39, 0.29) is 0 Å². The van der Waals surface area contributed by atoms with E-state index in [4.69, 9.17) is 10.5 Å². The van der Waals surface area contributed by atoms with Crippen LogP contribution < -0.4 is 15.8 Å². The summed E-state index contributed by atoms with van der Waals surface area (Å²) in [4.78, 5) is 0. The predicted molar refractivity (Wildman–Crippen MR) is 61.0 cm³/mol. The maximum atomic E-state index is 5.62. The van der Waals surface area contributed by atoms with Gasteiger partial charge in [0.25, 0.3) is 0 Å². The van der Waals surface area contributed by atoms with Crippen molar-refractivity contribution in [2.75, 3.05) is 24.7 Å². The summed E-state index contributed by atoms with van der Waals surface area (Å²) >= 11 is 1.34. The molecule has 0 aliphatic carbocycles. The van der Waals surface area contributed by atoms with E-state index in [1.165, 1.54) is 11.5 Å². The van der Waals surface area contributed by atoms with Gasteiger partial charge in [0.2, 0.25) is 0 Å². The number of nitrogens with one attached hydrogen (secondary N) is 1. The molecule has 14 heavy (non-hydrogen) atoms. The van der Waals surface area contributed by atoms with Crippen molar-refractivity contribution in [1.29, 1.82) is 0 Å². The van der Waals surface area contributed by atoms with Gasteiger partial charge in [-0.3, -0.25) is 0 Å². The Morgan fingerprint density at radius 1 is 1.57 bits per heavy atom. The van der Waals surface area contributed by atoms with Crippen LogP contribution in [0.2, 0.25) is 0 Å². The number of ether oxygens (including phenoxy) is 1. The summed E-state index contributed by atoms with van der Waals surface area (Å²) in [6, 6.07) is 0. The first-order chi connectivity index (χ1) is 6.65. The summed E-state index contributed by atoms with van der Waals surface area (Å²) in [5.41, 5.74) is 5.62. The molecule has 80 valence electrons. The SMILES string of the molecule is COc1c(N)nsc1NCCC(C)C. The Kier molecular flexibility index (Phi) is 4.00. The highest BCUT2D eigenvalue weighted by Gasteiger charge is 2.10. The number of aromatic nitrogens is 1. The van der Waals surface area contributed by atoms with E-state index in [9.17, 15) is 0 Å². The van der Waals surface area contributed by atoms with Gasteiger partial charge in [-0.2, -0.15) is 4.37 Å². The minimum atomic E-state index is 0.463. The Labute approximate surface area is 88.6 Å². The van der Waals surface area contributed by atoms with E-state index in [2.05, 4.69) is 23.5 Å². The van der Waals surface area contributed by atoms with E-state index < -0.39 is 0 Å². The molecular weight excluding hydrogens is 198 g/mol. The highest BCUT2D eigenvalue weighted by molar-refractivity contribution is 7.11. The van der Waals surface area contributed by atoms with Crippen LogP contribution in [0.15, 0.2) is 0 Å². The van der Waals surface area contributed by atoms with Gasteiger partial charge in [-0.1, -0.05) is 13.8 Å². The van der Waals surface area contributed by atoms with E-state index in [0.717, 1.165) is 18.0 Å². The van der Waals surface area contributed by atoms with E-state index in [1.54, 1.807) is 7.11 Å². The van der Waals surface area contributed by atoms with Crippen LogP contribution in [0.3, 0.4) is 0 Å². The van der Waals surface area contributed by atoms with Crippen LogP contribution >= 0.6 is 11.5 Å². The maximum Gasteiger partial charge on any atom is 0.197 e. The number of rotatable bonds is 5. The van der Waals surface area contributed by atoms with Crippen molar-refractivity contribution < 1.29 is 4.74 Å². The van der Waals surface area contributed by atoms with Gasteiger partial charge in [-0.05, 0) is 23.9 Å². The first kappa shape index (κ1) is 11.1. The maximum absolute atomic E-state index is 5.62. The average Bonchev–Trinajstić information content (AvgIpc) is 2.46. The molecule has 1 heterocycles. The number of anilines is 2. The molecule has 4 nitrogen and oxygen atoms in total. The number of nitrogens with two attached hydrogens (primary N) is 1. The van der Waals surface area contributed by atoms with E-state index in [0.29, 0.717) is 17.5 Å². The van der Waals surface area contributed by atoms with Crippen molar-refractivity contribution in [2.45, 2.75) is 20.3 Å². The lowest BCUT2D eigenvalue weighted by Gasteiger charge is -2.07. The van der Waals surface area contributed by atoms with Crippen molar-refractivity contribution >= 4 is 22.4 Å². The highest BCUT2D eigenvalue weighted by Crippen LogP contribution is 2.34. The monoisotopic (exact) mass is 215 g/mol. The fourth-order valence-corrected chi connectivity index (χ4v) is 1.79. The zero-order valence-corrected chi connectivity index (χ0v) is 9.65. The Balaban J connectivity index is 2.50. The van der Waals surface area contributed by atoms with Gasteiger partial charge in [-0.25, -0.2) is 0 Å². The molecule has 0 bridgehead atoms. The van der Waals surface area contributed by atoms with Crippen LogP contribution in [0.25, 0.3) is 0 Å². The van der Waals surface area contributed by atoms with Crippen molar-refractivity contribution in [3.8, 4) is 5.75 Å². The molecule has 0 fully saturated rings. The van der Waals surface area contributed by atoms with Crippen LogP contribution in [0.5, 0.6) is 5.75 Å². The molecule has 0 amide bonds. The number of methoxy groups -OCH3 is 1. The molecule has 0 atom stereocenters.